The van der Waals surface area contributed by atoms with Crippen molar-refractivity contribution in [3.63, 3.8) is 0 Å². The van der Waals surface area contributed by atoms with E-state index < -0.39 is 23.7 Å². The normalized spacial score (nSPS) is 11.5. The van der Waals surface area contributed by atoms with Crippen LogP contribution in [0.1, 0.15) is 18.8 Å². The van der Waals surface area contributed by atoms with E-state index in [-0.39, 0.29) is 16.2 Å². The molecule has 184 valence electrons. The smallest absolute Gasteiger partial charge is 0.405 e. The molecule has 0 bridgehead atoms. The van der Waals surface area contributed by atoms with E-state index in [9.17, 15) is 19.5 Å². The molecule has 4 aromatic rings. The number of carboxylic acid groups (broad SMARTS) is 1. The quantitative estimate of drug-likeness (QED) is 0.289. The van der Waals surface area contributed by atoms with Gasteiger partial charge in [0.25, 0.3) is 5.56 Å². The SMILES string of the molecule is COc1ccccc1NC(=O)Nc1cccc(-n2c(C(C)NC(=O)O)nc3cccc(Cl)c3c2=O)c1. The highest BCUT2D eigenvalue weighted by molar-refractivity contribution is 6.35. The lowest BCUT2D eigenvalue weighted by molar-refractivity contribution is 0.190. The van der Waals surface area contributed by atoms with Gasteiger partial charge in [-0.05, 0) is 49.4 Å². The van der Waals surface area contributed by atoms with Crippen molar-refractivity contribution in [3.8, 4) is 11.4 Å². The van der Waals surface area contributed by atoms with Gasteiger partial charge < -0.3 is 25.8 Å². The molecule has 0 aliphatic carbocycles. The highest BCUT2D eigenvalue weighted by Gasteiger charge is 2.21. The van der Waals surface area contributed by atoms with E-state index >= 15 is 0 Å². The molecule has 1 aromatic heterocycles. The summed E-state index contributed by atoms with van der Waals surface area (Å²) < 4.78 is 6.52. The van der Waals surface area contributed by atoms with Crippen LogP contribution in [0.4, 0.5) is 21.0 Å². The van der Waals surface area contributed by atoms with E-state index in [1.165, 1.54) is 11.7 Å². The van der Waals surface area contributed by atoms with Gasteiger partial charge in [0.15, 0.2) is 0 Å². The van der Waals surface area contributed by atoms with Gasteiger partial charge in [-0.1, -0.05) is 35.9 Å². The minimum atomic E-state index is -1.27. The zero-order valence-electron chi connectivity index (χ0n) is 19.3. The highest BCUT2D eigenvalue weighted by Crippen LogP contribution is 2.25. The van der Waals surface area contributed by atoms with Crippen molar-refractivity contribution in [3.05, 3.63) is 87.9 Å². The maximum atomic E-state index is 13.6. The molecular formula is C25H22ClN5O5. The second-order valence-electron chi connectivity index (χ2n) is 7.75. The molecule has 0 aliphatic heterocycles. The van der Waals surface area contributed by atoms with Crippen molar-refractivity contribution in [2.24, 2.45) is 0 Å². The van der Waals surface area contributed by atoms with Crippen molar-refractivity contribution < 1.29 is 19.4 Å². The number of anilines is 2. The summed E-state index contributed by atoms with van der Waals surface area (Å²) in [5, 5.41) is 17.4. The summed E-state index contributed by atoms with van der Waals surface area (Å²) in [7, 11) is 1.50. The molecule has 3 amide bonds. The number of nitrogens with one attached hydrogen (secondary N) is 3. The predicted molar refractivity (Wildman–Crippen MR) is 138 cm³/mol. The number of carbonyl (C=O) groups excluding carboxylic acids is 1. The van der Waals surface area contributed by atoms with Crippen LogP contribution in [-0.2, 0) is 0 Å². The monoisotopic (exact) mass is 507 g/mol. The first-order valence-corrected chi connectivity index (χ1v) is 11.2. The van der Waals surface area contributed by atoms with Gasteiger partial charge in [-0.25, -0.2) is 14.6 Å². The van der Waals surface area contributed by atoms with Crippen molar-refractivity contribution in [1.29, 1.82) is 0 Å². The molecule has 3 aromatic carbocycles. The Bertz CT molecular complexity index is 1520. The molecule has 4 N–H and O–H groups in total. The number of urea groups is 1. The molecular weight excluding hydrogens is 486 g/mol. The van der Waals surface area contributed by atoms with Gasteiger partial charge in [-0.2, -0.15) is 0 Å². The van der Waals surface area contributed by atoms with E-state index in [4.69, 9.17) is 16.3 Å². The molecule has 1 unspecified atom stereocenters. The number of hydrogen-bond donors (Lipinski definition) is 4. The number of nitrogens with zero attached hydrogens (tertiary/aromatic N) is 2. The Morgan fingerprint density at radius 2 is 1.81 bits per heavy atom. The number of benzene rings is 3. The Balaban J connectivity index is 1.75. The number of para-hydroxylation sites is 2. The van der Waals surface area contributed by atoms with Gasteiger partial charge in [0.05, 0.1) is 40.5 Å². The third-order valence-corrected chi connectivity index (χ3v) is 5.63. The van der Waals surface area contributed by atoms with Crippen molar-refractivity contribution in [2.75, 3.05) is 17.7 Å². The first-order valence-electron chi connectivity index (χ1n) is 10.8. The summed E-state index contributed by atoms with van der Waals surface area (Å²) >= 11 is 6.30. The number of rotatable bonds is 6. The van der Waals surface area contributed by atoms with E-state index in [1.807, 2.05) is 0 Å². The standard InChI is InChI=1S/C25H22ClN5O5/c1-14(27-25(34)35)22-29-19-11-6-9-17(26)21(19)23(32)31(22)16-8-5-7-15(13-16)28-24(33)30-18-10-3-4-12-20(18)36-2/h3-14,27H,1-2H3,(H,34,35)(H2,28,30,33). The van der Waals surface area contributed by atoms with Crippen molar-refractivity contribution in [1.82, 2.24) is 14.9 Å². The second-order valence-corrected chi connectivity index (χ2v) is 8.15. The topological polar surface area (TPSA) is 135 Å². The summed E-state index contributed by atoms with van der Waals surface area (Å²) in [5.74, 6) is 0.657. The summed E-state index contributed by atoms with van der Waals surface area (Å²) in [6.45, 7) is 1.57. The predicted octanol–water partition coefficient (Wildman–Crippen LogP) is 5.02. The maximum Gasteiger partial charge on any atom is 0.405 e. The molecule has 1 atom stereocenters. The summed E-state index contributed by atoms with van der Waals surface area (Å²) in [4.78, 5) is 42.0. The number of hydrogen-bond acceptors (Lipinski definition) is 5. The Kier molecular flexibility index (Phi) is 7.07. The highest BCUT2D eigenvalue weighted by atomic mass is 35.5. The first kappa shape index (κ1) is 24.6. The molecule has 10 nitrogen and oxygen atoms in total. The molecule has 0 radical (unpaired) electrons. The lowest BCUT2D eigenvalue weighted by atomic mass is 10.2. The maximum absolute atomic E-state index is 13.6. The third kappa shape index (κ3) is 5.08. The molecule has 0 spiro atoms. The molecule has 4 rings (SSSR count). The van der Waals surface area contributed by atoms with Crippen molar-refractivity contribution >= 4 is 46.0 Å². The first-order chi connectivity index (χ1) is 17.3. The average Bonchev–Trinajstić information content (AvgIpc) is 2.83. The molecule has 11 heteroatoms. The molecule has 0 saturated heterocycles. The minimum Gasteiger partial charge on any atom is -0.495 e. The number of amides is 3. The lowest BCUT2D eigenvalue weighted by Crippen LogP contribution is -2.32. The second kappa shape index (κ2) is 10.4. The van der Waals surface area contributed by atoms with Crippen LogP contribution in [0.3, 0.4) is 0 Å². The van der Waals surface area contributed by atoms with Crippen LogP contribution in [-0.4, -0.2) is 33.9 Å². The molecule has 0 aliphatic rings. The summed E-state index contributed by atoms with van der Waals surface area (Å²) in [5.41, 5.74) is 1.09. The van der Waals surface area contributed by atoms with Crippen LogP contribution in [0.15, 0.2) is 71.5 Å². The number of ether oxygens (including phenoxy) is 1. The largest absolute Gasteiger partial charge is 0.495 e. The number of fused-ring (bicyclic) bond motifs is 1. The number of carbonyl (C=O) groups is 2. The van der Waals surface area contributed by atoms with E-state index in [2.05, 4.69) is 20.9 Å². The fourth-order valence-corrected chi connectivity index (χ4v) is 4.00. The lowest BCUT2D eigenvalue weighted by Gasteiger charge is -2.19. The Morgan fingerprint density at radius 3 is 2.56 bits per heavy atom. The fraction of sp³-hybridized carbons (Fsp3) is 0.120. The van der Waals surface area contributed by atoms with Gasteiger partial charge in [-0.3, -0.25) is 9.36 Å². The fourth-order valence-electron chi connectivity index (χ4n) is 3.75. The van der Waals surface area contributed by atoms with Crippen LogP contribution in [0.25, 0.3) is 16.6 Å². The minimum absolute atomic E-state index is 0.160. The van der Waals surface area contributed by atoms with Crippen LogP contribution < -0.4 is 26.2 Å². The molecule has 0 fully saturated rings. The zero-order valence-corrected chi connectivity index (χ0v) is 20.0. The summed E-state index contributed by atoms with van der Waals surface area (Å²) in [6, 6.07) is 17.0. The van der Waals surface area contributed by atoms with Crippen molar-refractivity contribution in [2.45, 2.75) is 13.0 Å². The van der Waals surface area contributed by atoms with Crippen LogP contribution in [0, 0.1) is 0 Å². The number of halogens is 1. The zero-order chi connectivity index (χ0) is 25.8. The van der Waals surface area contributed by atoms with Gasteiger partial charge in [0, 0.05) is 5.69 Å². The molecule has 0 saturated carbocycles. The average molecular weight is 508 g/mol. The van der Waals surface area contributed by atoms with E-state index in [1.54, 1.807) is 73.7 Å². The third-order valence-electron chi connectivity index (χ3n) is 5.32. The van der Waals surface area contributed by atoms with Crippen LogP contribution in [0.5, 0.6) is 5.75 Å². The van der Waals surface area contributed by atoms with Gasteiger partial charge >= 0.3 is 12.1 Å². The Hall–Kier alpha value is -4.57. The van der Waals surface area contributed by atoms with Gasteiger partial charge in [0.1, 0.15) is 11.6 Å². The van der Waals surface area contributed by atoms with Crippen LogP contribution in [0.2, 0.25) is 5.02 Å². The van der Waals surface area contributed by atoms with Gasteiger partial charge in [0.2, 0.25) is 0 Å². The van der Waals surface area contributed by atoms with Crippen LogP contribution >= 0.6 is 11.6 Å². The van der Waals surface area contributed by atoms with E-state index in [0.29, 0.717) is 28.3 Å². The van der Waals surface area contributed by atoms with Gasteiger partial charge in [-0.15, -0.1) is 0 Å². The Labute approximate surface area is 210 Å². The molecule has 1 heterocycles. The number of aromatic nitrogens is 2. The summed E-state index contributed by atoms with van der Waals surface area (Å²) in [6.07, 6.45) is -1.27. The molecule has 36 heavy (non-hydrogen) atoms. The number of methoxy groups -OCH3 is 1. The Morgan fingerprint density at radius 1 is 1.06 bits per heavy atom. The van der Waals surface area contributed by atoms with E-state index in [0.717, 1.165) is 0 Å².